The first kappa shape index (κ1) is 22.5. The van der Waals surface area contributed by atoms with E-state index in [1.807, 2.05) is 36.4 Å². The maximum absolute atomic E-state index is 13.5. The summed E-state index contributed by atoms with van der Waals surface area (Å²) in [7, 11) is 1.48. The zero-order valence-corrected chi connectivity index (χ0v) is 21.3. The highest BCUT2D eigenvalue weighted by Crippen LogP contribution is 2.50. The van der Waals surface area contributed by atoms with Crippen LogP contribution in [0.25, 0.3) is 28.0 Å². The Morgan fingerprint density at radius 2 is 1.87 bits per heavy atom. The summed E-state index contributed by atoms with van der Waals surface area (Å²) in [4.78, 5) is 22.8. The molecule has 0 fully saturated rings. The number of phenols is 1. The van der Waals surface area contributed by atoms with Crippen LogP contribution in [0.3, 0.4) is 0 Å². The summed E-state index contributed by atoms with van der Waals surface area (Å²) < 4.78 is 19.5. The topological polar surface area (TPSA) is 112 Å². The highest BCUT2D eigenvalue weighted by atomic mass is 79.9. The van der Waals surface area contributed by atoms with Crippen LogP contribution in [0.5, 0.6) is 23.1 Å². The Hall–Kier alpha value is -4.70. The van der Waals surface area contributed by atoms with Crippen LogP contribution in [0.15, 0.2) is 86.7 Å². The SMILES string of the molecule is COc1ccc(-c2nc3c4c(ncn3n2)Oc2c(c(=O)oc3ccccc23)C4c2ccccc2Br)cc1O. The second-order valence-corrected chi connectivity index (χ2v) is 9.59. The van der Waals surface area contributed by atoms with Gasteiger partial charge in [-0.3, -0.25) is 0 Å². The molecule has 0 spiro atoms. The number of para-hydroxylation sites is 1. The molecule has 10 heteroatoms. The number of nitrogens with zero attached hydrogens (tertiary/aromatic N) is 4. The summed E-state index contributed by atoms with van der Waals surface area (Å²) in [5, 5.41) is 15.6. The molecule has 6 aromatic rings. The summed E-state index contributed by atoms with van der Waals surface area (Å²) in [5.41, 5.74) is 2.71. The van der Waals surface area contributed by atoms with Gasteiger partial charge >= 0.3 is 5.63 Å². The average molecular weight is 569 g/mol. The van der Waals surface area contributed by atoms with E-state index in [1.165, 1.54) is 24.0 Å². The molecular formula is C28H17BrN4O5. The van der Waals surface area contributed by atoms with Crippen LogP contribution >= 0.6 is 15.9 Å². The molecule has 9 nitrogen and oxygen atoms in total. The van der Waals surface area contributed by atoms with Crippen molar-refractivity contribution in [2.75, 3.05) is 7.11 Å². The Bertz CT molecular complexity index is 1970. The first-order chi connectivity index (χ1) is 18.5. The maximum Gasteiger partial charge on any atom is 0.344 e. The quantitative estimate of drug-likeness (QED) is 0.272. The van der Waals surface area contributed by atoms with Gasteiger partial charge in [-0.15, -0.1) is 5.10 Å². The fraction of sp³-hybridized carbons (Fsp3) is 0.0714. The lowest BCUT2D eigenvalue weighted by molar-refractivity contribution is 0.373. The average Bonchev–Trinajstić information content (AvgIpc) is 3.37. The van der Waals surface area contributed by atoms with Crippen molar-refractivity contribution in [3.8, 4) is 34.5 Å². The molecule has 4 heterocycles. The predicted molar refractivity (Wildman–Crippen MR) is 142 cm³/mol. The van der Waals surface area contributed by atoms with Gasteiger partial charge in [0.1, 0.15) is 11.9 Å². The second-order valence-electron chi connectivity index (χ2n) is 8.74. The number of benzene rings is 3. The third kappa shape index (κ3) is 3.30. The molecule has 1 N–H and O–H groups in total. The lowest BCUT2D eigenvalue weighted by Gasteiger charge is -2.27. The molecular weight excluding hydrogens is 552 g/mol. The molecule has 3 aromatic heterocycles. The Labute approximate surface area is 223 Å². The van der Waals surface area contributed by atoms with E-state index in [0.29, 0.717) is 56.5 Å². The van der Waals surface area contributed by atoms with Gasteiger partial charge in [0, 0.05) is 10.0 Å². The molecule has 0 aliphatic carbocycles. The van der Waals surface area contributed by atoms with Crippen LogP contribution in [0.2, 0.25) is 0 Å². The van der Waals surface area contributed by atoms with Crippen molar-refractivity contribution in [3.05, 3.63) is 105 Å². The van der Waals surface area contributed by atoms with Crippen LogP contribution in [-0.2, 0) is 0 Å². The maximum atomic E-state index is 13.5. The van der Waals surface area contributed by atoms with Gasteiger partial charge in [0.25, 0.3) is 0 Å². The van der Waals surface area contributed by atoms with E-state index in [9.17, 15) is 9.90 Å². The van der Waals surface area contributed by atoms with Crippen LogP contribution in [0.4, 0.5) is 0 Å². The van der Waals surface area contributed by atoms with Crippen molar-refractivity contribution in [2.45, 2.75) is 5.92 Å². The van der Waals surface area contributed by atoms with Gasteiger partial charge in [0.15, 0.2) is 28.7 Å². The van der Waals surface area contributed by atoms with Crippen molar-refractivity contribution in [1.82, 2.24) is 19.6 Å². The largest absolute Gasteiger partial charge is 0.504 e. The highest BCUT2D eigenvalue weighted by Gasteiger charge is 2.38. The number of hydrogen-bond acceptors (Lipinski definition) is 8. The summed E-state index contributed by atoms with van der Waals surface area (Å²) in [5.74, 6) is 0.786. The first-order valence-corrected chi connectivity index (χ1v) is 12.4. The molecule has 1 aliphatic heterocycles. The number of halogens is 1. The number of phenolic OH excluding ortho intramolecular Hbond substituents is 1. The van der Waals surface area contributed by atoms with Crippen LogP contribution in [-0.4, -0.2) is 31.8 Å². The second kappa shape index (κ2) is 8.42. The molecule has 1 atom stereocenters. The van der Waals surface area contributed by atoms with E-state index in [1.54, 1.807) is 24.3 Å². The molecule has 0 radical (unpaired) electrons. The summed E-state index contributed by atoms with van der Waals surface area (Å²) in [6, 6.07) is 19.8. The van der Waals surface area contributed by atoms with Crippen molar-refractivity contribution < 1.29 is 19.0 Å². The number of aromatic nitrogens is 4. The third-order valence-electron chi connectivity index (χ3n) is 6.62. The first-order valence-electron chi connectivity index (χ1n) is 11.6. The van der Waals surface area contributed by atoms with E-state index >= 15 is 0 Å². The van der Waals surface area contributed by atoms with Gasteiger partial charge in [0.05, 0.1) is 29.5 Å². The molecule has 38 heavy (non-hydrogen) atoms. The minimum absolute atomic E-state index is 0.0307. The van der Waals surface area contributed by atoms with Gasteiger partial charge in [-0.2, -0.15) is 0 Å². The molecule has 3 aromatic carbocycles. The van der Waals surface area contributed by atoms with Gasteiger partial charge in [0.2, 0.25) is 5.88 Å². The van der Waals surface area contributed by atoms with Crippen LogP contribution in [0.1, 0.15) is 22.6 Å². The van der Waals surface area contributed by atoms with Crippen LogP contribution < -0.4 is 15.1 Å². The summed E-state index contributed by atoms with van der Waals surface area (Å²) in [6.07, 6.45) is 1.52. The normalized spacial score (nSPS) is 14.2. The van der Waals surface area contributed by atoms with Gasteiger partial charge < -0.3 is 19.0 Å². The zero-order chi connectivity index (χ0) is 26.0. The van der Waals surface area contributed by atoms with E-state index < -0.39 is 11.5 Å². The van der Waals surface area contributed by atoms with E-state index in [0.717, 1.165) is 10.0 Å². The minimum Gasteiger partial charge on any atom is -0.504 e. The summed E-state index contributed by atoms with van der Waals surface area (Å²) in [6.45, 7) is 0. The van der Waals surface area contributed by atoms with E-state index in [2.05, 4.69) is 26.0 Å². The molecule has 1 unspecified atom stereocenters. The summed E-state index contributed by atoms with van der Waals surface area (Å²) >= 11 is 3.66. The van der Waals surface area contributed by atoms with E-state index in [4.69, 9.17) is 18.9 Å². The number of aromatic hydroxyl groups is 1. The molecule has 7 rings (SSSR count). The lowest BCUT2D eigenvalue weighted by atomic mass is 9.84. The standard InChI is InChI=1S/C28H17BrN4O5/c1-36-20-11-10-14(12-18(20)34)25-31-26-23-21(15-6-2-4-8-17(15)29)22-24(38-27(23)30-13-33(26)32-25)16-7-3-5-9-19(16)37-28(22)35/h2-13,21,34H,1H3. The molecule has 0 bridgehead atoms. The van der Waals surface area contributed by atoms with Gasteiger partial charge in [-0.1, -0.05) is 46.3 Å². The minimum atomic E-state index is -0.609. The monoisotopic (exact) mass is 568 g/mol. The molecule has 0 saturated heterocycles. The number of ether oxygens (including phenoxy) is 2. The van der Waals surface area contributed by atoms with Gasteiger partial charge in [-0.05, 0) is 42.0 Å². The predicted octanol–water partition coefficient (Wildman–Crippen LogP) is 5.66. The molecule has 0 amide bonds. The van der Waals surface area contributed by atoms with Crippen molar-refractivity contribution in [3.63, 3.8) is 0 Å². The van der Waals surface area contributed by atoms with Crippen molar-refractivity contribution in [2.24, 2.45) is 0 Å². The lowest BCUT2D eigenvalue weighted by Crippen LogP contribution is -2.22. The van der Waals surface area contributed by atoms with Crippen molar-refractivity contribution >= 4 is 32.5 Å². The molecule has 0 saturated carbocycles. The Morgan fingerprint density at radius 1 is 1.05 bits per heavy atom. The Kier molecular flexibility index (Phi) is 4.98. The number of rotatable bonds is 3. The molecule has 186 valence electrons. The van der Waals surface area contributed by atoms with Crippen molar-refractivity contribution in [1.29, 1.82) is 0 Å². The molecule has 1 aliphatic rings. The fourth-order valence-electron chi connectivity index (χ4n) is 4.90. The number of fused-ring (bicyclic) bond motifs is 6. The Morgan fingerprint density at radius 3 is 2.68 bits per heavy atom. The Balaban J connectivity index is 1.52. The van der Waals surface area contributed by atoms with Crippen LogP contribution in [0, 0.1) is 0 Å². The van der Waals surface area contributed by atoms with Gasteiger partial charge in [-0.25, -0.2) is 19.3 Å². The zero-order valence-electron chi connectivity index (χ0n) is 19.8. The van der Waals surface area contributed by atoms with E-state index in [-0.39, 0.29) is 5.75 Å². The number of methoxy groups -OCH3 is 1. The fourth-order valence-corrected chi connectivity index (χ4v) is 5.41. The highest BCUT2D eigenvalue weighted by molar-refractivity contribution is 9.10. The number of hydrogen-bond donors (Lipinski definition) is 1. The third-order valence-corrected chi connectivity index (χ3v) is 7.34. The smallest absolute Gasteiger partial charge is 0.344 e.